The molecule has 9 nitrogen and oxygen atoms in total. The number of nitro groups is 1. The van der Waals surface area contributed by atoms with Gasteiger partial charge in [0.15, 0.2) is 5.75 Å². The highest BCUT2D eigenvalue weighted by molar-refractivity contribution is 7.99. The first-order valence-electron chi connectivity index (χ1n) is 10.1. The van der Waals surface area contributed by atoms with E-state index in [0.717, 1.165) is 5.56 Å². The third-order valence-electron chi connectivity index (χ3n) is 5.13. The summed E-state index contributed by atoms with van der Waals surface area (Å²) in [5, 5.41) is 11.1. The smallest absolute Gasteiger partial charge is 0.311 e. The fraction of sp³-hybridized carbons (Fsp3) is 0.600. The summed E-state index contributed by atoms with van der Waals surface area (Å²) in [5.74, 6) is 1.23. The van der Waals surface area contributed by atoms with Crippen LogP contribution in [0.25, 0.3) is 0 Å². The molecule has 2 amide bonds. The van der Waals surface area contributed by atoms with Crippen LogP contribution in [0.3, 0.4) is 0 Å². The van der Waals surface area contributed by atoms with Crippen molar-refractivity contribution in [2.24, 2.45) is 0 Å². The van der Waals surface area contributed by atoms with E-state index >= 15 is 0 Å². The summed E-state index contributed by atoms with van der Waals surface area (Å²) in [4.78, 5) is 41.1. The van der Waals surface area contributed by atoms with E-state index in [9.17, 15) is 19.7 Å². The number of nitrogens with zero attached hydrogens (tertiary/aromatic N) is 4. The molecule has 0 unspecified atom stereocenters. The summed E-state index contributed by atoms with van der Waals surface area (Å²) in [6.07, 6.45) is 0. The number of thioether (sulfide) groups is 1. The van der Waals surface area contributed by atoms with Gasteiger partial charge < -0.3 is 14.5 Å². The van der Waals surface area contributed by atoms with Crippen LogP contribution in [-0.2, 0) is 15.3 Å². The third-order valence-corrected chi connectivity index (χ3v) is 6.12. The van der Waals surface area contributed by atoms with Crippen molar-refractivity contribution in [3.63, 3.8) is 0 Å². The number of nitro benzene ring substituents is 1. The Hall–Kier alpha value is -2.33. The van der Waals surface area contributed by atoms with Crippen molar-refractivity contribution in [1.29, 1.82) is 0 Å². The molecule has 1 aliphatic heterocycles. The Kier molecular flexibility index (Phi) is 9.38. The molecule has 2 rings (SSSR count). The quantitative estimate of drug-likeness (QED) is 0.406. The SMILES string of the molecule is CCN(CC)C(=O)CN1CCN(C(=O)CSCc2ccc(OC)c([N+](=O)[O-])c2)CC1. The number of hydrogen-bond acceptors (Lipinski definition) is 7. The highest BCUT2D eigenvalue weighted by Gasteiger charge is 2.23. The summed E-state index contributed by atoms with van der Waals surface area (Å²) in [6.45, 7) is 8.36. The van der Waals surface area contributed by atoms with E-state index in [-0.39, 0.29) is 23.3 Å². The van der Waals surface area contributed by atoms with Gasteiger partial charge in [0.2, 0.25) is 11.8 Å². The topological polar surface area (TPSA) is 96.2 Å². The van der Waals surface area contributed by atoms with Gasteiger partial charge in [-0.2, -0.15) is 0 Å². The van der Waals surface area contributed by atoms with Crippen LogP contribution in [-0.4, -0.2) is 90.1 Å². The zero-order valence-electron chi connectivity index (χ0n) is 17.8. The lowest BCUT2D eigenvalue weighted by molar-refractivity contribution is -0.385. The van der Waals surface area contributed by atoms with E-state index in [1.165, 1.54) is 24.9 Å². The summed E-state index contributed by atoms with van der Waals surface area (Å²) in [5.41, 5.74) is 0.706. The van der Waals surface area contributed by atoms with Crippen LogP contribution in [0.5, 0.6) is 5.75 Å². The molecule has 1 aromatic carbocycles. The molecule has 1 heterocycles. The molecule has 0 atom stereocenters. The van der Waals surface area contributed by atoms with Gasteiger partial charge in [-0.3, -0.25) is 24.6 Å². The molecular weight excluding hydrogens is 408 g/mol. The van der Waals surface area contributed by atoms with Crippen molar-refractivity contribution >= 4 is 29.3 Å². The molecule has 0 bridgehead atoms. The highest BCUT2D eigenvalue weighted by Crippen LogP contribution is 2.29. The number of methoxy groups -OCH3 is 1. The fourth-order valence-corrected chi connectivity index (χ4v) is 4.21. The molecule has 1 aromatic rings. The largest absolute Gasteiger partial charge is 0.490 e. The van der Waals surface area contributed by atoms with Gasteiger partial charge in [-0.1, -0.05) is 6.07 Å². The van der Waals surface area contributed by atoms with Crippen molar-refractivity contribution in [1.82, 2.24) is 14.7 Å². The number of carbonyl (C=O) groups is 2. The van der Waals surface area contributed by atoms with Gasteiger partial charge in [0.05, 0.1) is 24.3 Å². The molecular formula is C20H30N4O5S. The lowest BCUT2D eigenvalue weighted by atomic mass is 10.2. The molecule has 0 radical (unpaired) electrons. The molecule has 30 heavy (non-hydrogen) atoms. The first kappa shape index (κ1) is 23.9. The normalized spacial score (nSPS) is 14.4. The average Bonchev–Trinajstić information content (AvgIpc) is 2.74. The van der Waals surface area contributed by atoms with Gasteiger partial charge >= 0.3 is 5.69 Å². The van der Waals surface area contributed by atoms with Gasteiger partial charge in [-0.25, -0.2) is 0 Å². The van der Waals surface area contributed by atoms with Crippen molar-refractivity contribution in [3.05, 3.63) is 33.9 Å². The number of ether oxygens (including phenoxy) is 1. The first-order valence-corrected chi connectivity index (χ1v) is 11.2. The van der Waals surface area contributed by atoms with Crippen molar-refractivity contribution in [3.8, 4) is 5.75 Å². The lowest BCUT2D eigenvalue weighted by Crippen LogP contribution is -2.52. The molecule has 166 valence electrons. The van der Waals surface area contributed by atoms with Gasteiger partial charge in [-0.05, 0) is 25.5 Å². The van der Waals surface area contributed by atoms with E-state index in [0.29, 0.717) is 57.3 Å². The van der Waals surface area contributed by atoms with Crippen molar-refractivity contribution in [2.45, 2.75) is 19.6 Å². The standard InChI is InChI=1S/C20H30N4O5S/c1-4-22(5-2)19(25)13-21-8-10-23(11-9-21)20(26)15-30-14-16-6-7-18(29-3)17(12-16)24(27)28/h6-7,12H,4-5,8-11,13-15H2,1-3H3. The van der Waals surface area contributed by atoms with Crippen LogP contribution >= 0.6 is 11.8 Å². The Labute approximate surface area is 181 Å². The molecule has 0 aromatic heterocycles. The van der Waals surface area contributed by atoms with Gasteiger partial charge in [0.25, 0.3) is 0 Å². The Bertz CT molecular complexity index is 749. The molecule has 1 saturated heterocycles. The minimum atomic E-state index is -0.470. The van der Waals surface area contributed by atoms with Crippen molar-refractivity contribution < 1.29 is 19.2 Å². The first-order chi connectivity index (χ1) is 14.4. The molecule has 0 saturated carbocycles. The Morgan fingerprint density at radius 1 is 1.20 bits per heavy atom. The number of carbonyl (C=O) groups excluding carboxylic acids is 2. The maximum Gasteiger partial charge on any atom is 0.311 e. The molecule has 1 aliphatic rings. The van der Waals surface area contributed by atoms with Gasteiger partial charge in [0, 0.05) is 51.1 Å². The second-order valence-electron chi connectivity index (χ2n) is 6.98. The molecule has 0 aliphatic carbocycles. The van der Waals surface area contributed by atoms with Crippen LogP contribution in [0.2, 0.25) is 0 Å². The third kappa shape index (κ3) is 6.60. The van der Waals surface area contributed by atoms with E-state index < -0.39 is 4.92 Å². The second-order valence-corrected chi connectivity index (χ2v) is 7.96. The highest BCUT2D eigenvalue weighted by atomic mass is 32.2. The summed E-state index contributed by atoms with van der Waals surface area (Å²) < 4.78 is 5.01. The predicted octanol–water partition coefficient (Wildman–Crippen LogP) is 1.85. The minimum absolute atomic E-state index is 0.0535. The Morgan fingerprint density at radius 3 is 2.43 bits per heavy atom. The zero-order chi connectivity index (χ0) is 22.1. The van der Waals surface area contributed by atoms with Crippen LogP contribution < -0.4 is 4.74 Å². The van der Waals surface area contributed by atoms with Gasteiger partial charge in [0.1, 0.15) is 0 Å². The van der Waals surface area contributed by atoms with Crippen LogP contribution in [0.15, 0.2) is 18.2 Å². The summed E-state index contributed by atoms with van der Waals surface area (Å²) in [7, 11) is 1.40. The fourth-order valence-electron chi connectivity index (χ4n) is 3.34. The Balaban J connectivity index is 1.76. The average molecular weight is 439 g/mol. The van der Waals surface area contributed by atoms with E-state index in [2.05, 4.69) is 4.90 Å². The molecule has 1 fully saturated rings. The summed E-state index contributed by atoms with van der Waals surface area (Å²) >= 11 is 1.43. The maximum absolute atomic E-state index is 12.5. The molecule has 10 heteroatoms. The number of piperazine rings is 1. The molecule has 0 spiro atoms. The zero-order valence-corrected chi connectivity index (χ0v) is 18.7. The number of rotatable bonds is 10. The number of likely N-dealkylation sites (N-methyl/N-ethyl adjacent to an activating group) is 1. The van der Waals surface area contributed by atoms with Crippen LogP contribution in [0.4, 0.5) is 5.69 Å². The number of hydrogen-bond donors (Lipinski definition) is 0. The number of benzene rings is 1. The summed E-state index contributed by atoms with van der Waals surface area (Å²) in [6, 6.07) is 4.84. The second kappa shape index (κ2) is 11.8. The van der Waals surface area contributed by atoms with E-state index in [1.54, 1.807) is 12.1 Å². The lowest BCUT2D eigenvalue weighted by Gasteiger charge is -2.35. The van der Waals surface area contributed by atoms with Crippen LogP contribution in [0.1, 0.15) is 19.4 Å². The molecule has 0 N–H and O–H groups in total. The van der Waals surface area contributed by atoms with E-state index in [4.69, 9.17) is 4.74 Å². The van der Waals surface area contributed by atoms with Crippen LogP contribution in [0, 0.1) is 10.1 Å². The van der Waals surface area contributed by atoms with Gasteiger partial charge in [-0.15, -0.1) is 11.8 Å². The maximum atomic E-state index is 12.5. The number of amides is 2. The predicted molar refractivity (Wildman–Crippen MR) is 117 cm³/mol. The minimum Gasteiger partial charge on any atom is -0.490 e. The van der Waals surface area contributed by atoms with E-state index in [1.807, 2.05) is 23.6 Å². The Morgan fingerprint density at radius 2 is 1.87 bits per heavy atom. The van der Waals surface area contributed by atoms with Crippen molar-refractivity contribution in [2.75, 3.05) is 58.7 Å². The monoisotopic (exact) mass is 438 g/mol.